The second-order valence-corrected chi connectivity index (χ2v) is 7.94. The van der Waals surface area contributed by atoms with E-state index in [9.17, 15) is 10.1 Å². The molecular weight excluding hydrogens is 482 g/mol. The van der Waals surface area contributed by atoms with Gasteiger partial charge < -0.3 is 33.2 Å². The van der Waals surface area contributed by atoms with Gasteiger partial charge in [0.15, 0.2) is 11.5 Å². The van der Waals surface area contributed by atoms with Crippen LogP contribution in [-0.4, -0.2) is 90.6 Å². The molecule has 0 fully saturated rings. The summed E-state index contributed by atoms with van der Waals surface area (Å²) in [5, 5.41) is 11.1. The highest BCUT2D eigenvalue weighted by molar-refractivity contribution is 6.17. The van der Waals surface area contributed by atoms with Gasteiger partial charge in [0.2, 0.25) is 0 Å². The zero-order valence-corrected chi connectivity index (χ0v) is 21.7. The molecule has 0 aliphatic carbocycles. The summed E-state index contributed by atoms with van der Waals surface area (Å²) in [5.74, 6) is 1.49. The van der Waals surface area contributed by atoms with E-state index in [-0.39, 0.29) is 12.3 Å². The number of nitrogens with zero attached hydrogens (tertiary/aromatic N) is 1. The number of nitro groups is 1. The van der Waals surface area contributed by atoms with Crippen LogP contribution in [0.3, 0.4) is 0 Å². The van der Waals surface area contributed by atoms with Gasteiger partial charge in [-0.3, -0.25) is 10.1 Å². The lowest BCUT2D eigenvalue weighted by Crippen LogP contribution is -2.14. The van der Waals surface area contributed by atoms with Gasteiger partial charge in [-0.25, -0.2) is 0 Å². The lowest BCUT2D eigenvalue weighted by molar-refractivity contribution is -0.385. The molecule has 1 aromatic carbocycles. The summed E-state index contributed by atoms with van der Waals surface area (Å²) >= 11 is 5.63. The first-order valence-corrected chi connectivity index (χ1v) is 12.5. The van der Waals surface area contributed by atoms with Gasteiger partial charge in [-0.15, -0.1) is 11.6 Å². The van der Waals surface area contributed by atoms with Crippen molar-refractivity contribution < 1.29 is 38.1 Å². The lowest BCUT2D eigenvalue weighted by atomic mass is 10.2. The van der Waals surface area contributed by atoms with Gasteiger partial charge in [-0.1, -0.05) is 12.8 Å². The molecule has 11 heteroatoms. The van der Waals surface area contributed by atoms with Crippen LogP contribution in [0.25, 0.3) is 0 Å². The summed E-state index contributed by atoms with van der Waals surface area (Å²) in [5.41, 5.74) is 0.493. The highest BCUT2D eigenvalue weighted by atomic mass is 35.5. The van der Waals surface area contributed by atoms with Crippen molar-refractivity contribution in [1.29, 1.82) is 0 Å². The Balaban J connectivity index is 1.89. The first kappa shape index (κ1) is 31.3. The Kier molecular flexibility index (Phi) is 19.3. The number of ether oxygens (including phenoxy) is 7. The minimum Gasteiger partial charge on any atom is -0.493 e. The summed E-state index contributed by atoms with van der Waals surface area (Å²) in [6.07, 6.45) is 4.45. The number of aryl methyl sites for hydroxylation is 1. The predicted octanol–water partition coefficient (Wildman–Crippen LogP) is 4.17. The fourth-order valence-electron chi connectivity index (χ4n) is 2.96. The minimum atomic E-state index is -0.448. The molecule has 0 bridgehead atoms. The second-order valence-electron chi connectivity index (χ2n) is 7.56. The van der Waals surface area contributed by atoms with E-state index in [1.54, 1.807) is 13.0 Å². The van der Waals surface area contributed by atoms with E-state index in [0.29, 0.717) is 76.5 Å². The van der Waals surface area contributed by atoms with Crippen molar-refractivity contribution in [3.8, 4) is 11.5 Å². The summed E-state index contributed by atoms with van der Waals surface area (Å²) in [6, 6.07) is 2.95. The standard InChI is InChI=1S/C24H40ClNO9/c1-21-19-23(29-2)24(20-22(21)26(27)28)35-18-17-34-16-15-33-14-13-32-12-11-31-10-9-30-8-6-4-3-5-7-25/h19-20H,3-18H2,1-2H3. The van der Waals surface area contributed by atoms with Crippen molar-refractivity contribution in [3.05, 3.63) is 27.8 Å². The number of halogens is 1. The van der Waals surface area contributed by atoms with Crippen LogP contribution in [0.15, 0.2) is 12.1 Å². The van der Waals surface area contributed by atoms with Gasteiger partial charge in [0, 0.05) is 18.1 Å². The summed E-state index contributed by atoms with van der Waals surface area (Å²) in [6.45, 7) is 6.96. The lowest BCUT2D eigenvalue weighted by Gasteiger charge is -2.12. The summed E-state index contributed by atoms with van der Waals surface area (Å²) < 4.78 is 38.1. The van der Waals surface area contributed by atoms with Gasteiger partial charge in [0.1, 0.15) is 6.61 Å². The van der Waals surface area contributed by atoms with E-state index in [1.165, 1.54) is 13.2 Å². The third kappa shape index (κ3) is 15.8. The number of methoxy groups -OCH3 is 1. The van der Waals surface area contributed by atoms with Gasteiger partial charge in [0.05, 0.1) is 77.6 Å². The van der Waals surface area contributed by atoms with E-state index >= 15 is 0 Å². The Bertz CT molecular complexity index is 679. The van der Waals surface area contributed by atoms with E-state index in [4.69, 9.17) is 44.8 Å². The highest BCUT2D eigenvalue weighted by Crippen LogP contribution is 2.34. The first-order chi connectivity index (χ1) is 17.1. The monoisotopic (exact) mass is 521 g/mol. The molecule has 0 spiro atoms. The van der Waals surface area contributed by atoms with Crippen molar-refractivity contribution in [1.82, 2.24) is 0 Å². The molecule has 0 heterocycles. The Hall–Kier alpha value is -1.69. The topological polar surface area (TPSA) is 108 Å². The molecule has 0 atom stereocenters. The normalized spacial score (nSPS) is 11.1. The molecule has 10 nitrogen and oxygen atoms in total. The smallest absolute Gasteiger partial charge is 0.276 e. The molecule has 1 rings (SSSR count). The number of benzene rings is 1. The van der Waals surface area contributed by atoms with E-state index < -0.39 is 4.92 Å². The van der Waals surface area contributed by atoms with Crippen LogP contribution in [0.4, 0.5) is 5.69 Å². The molecule has 0 unspecified atom stereocenters. The molecule has 0 saturated heterocycles. The van der Waals surface area contributed by atoms with Gasteiger partial charge >= 0.3 is 0 Å². The molecule has 1 aromatic rings. The number of hydrogen-bond donors (Lipinski definition) is 0. The molecular formula is C24H40ClNO9. The maximum Gasteiger partial charge on any atom is 0.276 e. The molecule has 35 heavy (non-hydrogen) atoms. The maximum absolute atomic E-state index is 11.1. The SMILES string of the molecule is COc1cc(C)c([N+](=O)[O-])cc1OCCOCCOCCOCCOCCOCCCCCCCl. The van der Waals surface area contributed by atoms with Crippen molar-refractivity contribution in [2.24, 2.45) is 0 Å². The Morgan fingerprint density at radius 1 is 0.714 bits per heavy atom. The fraction of sp³-hybridized carbons (Fsp3) is 0.750. The van der Waals surface area contributed by atoms with E-state index in [1.807, 2.05) is 0 Å². The van der Waals surface area contributed by atoms with Crippen molar-refractivity contribution in [3.63, 3.8) is 0 Å². The summed E-state index contributed by atoms with van der Waals surface area (Å²) in [4.78, 5) is 10.6. The maximum atomic E-state index is 11.1. The number of alkyl halides is 1. The Morgan fingerprint density at radius 2 is 1.20 bits per heavy atom. The number of unbranched alkanes of at least 4 members (excludes halogenated alkanes) is 3. The highest BCUT2D eigenvalue weighted by Gasteiger charge is 2.16. The fourth-order valence-corrected chi connectivity index (χ4v) is 3.15. The van der Waals surface area contributed by atoms with Gasteiger partial charge in [-0.2, -0.15) is 0 Å². The minimum absolute atomic E-state index is 0.0157. The van der Waals surface area contributed by atoms with Crippen LogP contribution in [0.5, 0.6) is 11.5 Å². The largest absolute Gasteiger partial charge is 0.493 e. The molecule has 0 aliphatic rings. The van der Waals surface area contributed by atoms with Crippen LogP contribution in [0.1, 0.15) is 31.2 Å². The third-order valence-corrected chi connectivity index (χ3v) is 5.09. The van der Waals surface area contributed by atoms with Gasteiger partial charge in [0.25, 0.3) is 5.69 Å². The number of rotatable bonds is 24. The first-order valence-electron chi connectivity index (χ1n) is 12.0. The van der Waals surface area contributed by atoms with Crippen LogP contribution in [-0.2, 0) is 23.7 Å². The molecule has 0 aliphatic heterocycles. The molecule has 0 radical (unpaired) electrons. The molecule has 0 amide bonds. The van der Waals surface area contributed by atoms with Crippen molar-refractivity contribution in [2.75, 3.05) is 85.7 Å². The van der Waals surface area contributed by atoms with Crippen LogP contribution >= 0.6 is 11.6 Å². The van der Waals surface area contributed by atoms with E-state index in [0.717, 1.165) is 38.2 Å². The number of hydrogen-bond acceptors (Lipinski definition) is 9. The quantitative estimate of drug-likeness (QED) is 0.0856. The Labute approximate surface area is 213 Å². The Morgan fingerprint density at radius 3 is 1.69 bits per heavy atom. The average molecular weight is 522 g/mol. The van der Waals surface area contributed by atoms with Crippen LogP contribution < -0.4 is 9.47 Å². The third-order valence-electron chi connectivity index (χ3n) is 4.82. The number of nitro benzene ring substituents is 1. The second kappa shape index (κ2) is 21.6. The van der Waals surface area contributed by atoms with Crippen LogP contribution in [0.2, 0.25) is 0 Å². The van der Waals surface area contributed by atoms with E-state index in [2.05, 4.69) is 0 Å². The van der Waals surface area contributed by atoms with Gasteiger partial charge in [-0.05, 0) is 25.8 Å². The molecule has 0 N–H and O–H groups in total. The zero-order chi connectivity index (χ0) is 25.6. The van der Waals surface area contributed by atoms with Crippen molar-refractivity contribution >= 4 is 17.3 Å². The molecule has 202 valence electrons. The van der Waals surface area contributed by atoms with Crippen LogP contribution in [0, 0.1) is 17.0 Å². The molecule has 0 saturated carbocycles. The van der Waals surface area contributed by atoms with Crippen molar-refractivity contribution in [2.45, 2.75) is 32.6 Å². The average Bonchev–Trinajstić information content (AvgIpc) is 2.85. The predicted molar refractivity (Wildman–Crippen MR) is 133 cm³/mol. The molecule has 0 aromatic heterocycles. The zero-order valence-electron chi connectivity index (χ0n) is 21.0. The summed E-state index contributed by atoms with van der Waals surface area (Å²) in [7, 11) is 1.49.